The maximum Gasteiger partial charge on any atom is 0.325 e. The predicted octanol–water partition coefficient (Wildman–Crippen LogP) is 2.83. The molecule has 0 aliphatic carbocycles. The maximum atomic E-state index is 11.8. The predicted molar refractivity (Wildman–Crippen MR) is 99.2 cm³/mol. The van der Waals surface area contributed by atoms with Crippen molar-refractivity contribution in [2.45, 2.75) is 6.42 Å². The van der Waals surface area contributed by atoms with Gasteiger partial charge in [-0.1, -0.05) is 53.5 Å². The molecule has 0 saturated carbocycles. The quantitative estimate of drug-likeness (QED) is 0.707. The van der Waals surface area contributed by atoms with Gasteiger partial charge in [0, 0.05) is 5.02 Å². The molecule has 0 aliphatic rings. The van der Waals surface area contributed by atoms with E-state index in [-0.39, 0.29) is 18.9 Å². The first-order valence-electron chi connectivity index (χ1n) is 7.65. The standard InChI is InChI=1S/C18H16Cl2N2O4/c19-13-6-7-14(20)15(9-13)22-17(24)11-26-18(25)10-21-16(23)8-12-4-2-1-3-5-12/h1-7,9H,8,10-11H2,(H,21,23)(H,22,24). The average molecular weight is 395 g/mol. The molecule has 2 aromatic carbocycles. The SMILES string of the molecule is O=C(Cc1ccccc1)NCC(=O)OCC(=O)Nc1cc(Cl)ccc1Cl. The lowest BCUT2D eigenvalue weighted by atomic mass is 10.1. The first-order chi connectivity index (χ1) is 12.4. The van der Waals surface area contributed by atoms with Crippen molar-refractivity contribution in [2.75, 3.05) is 18.5 Å². The molecule has 0 radical (unpaired) electrons. The van der Waals surface area contributed by atoms with Gasteiger partial charge in [0.15, 0.2) is 6.61 Å². The Hall–Kier alpha value is -2.57. The molecule has 0 aromatic heterocycles. The number of amides is 2. The number of nitrogens with one attached hydrogen (secondary N) is 2. The van der Waals surface area contributed by atoms with Gasteiger partial charge in [-0.05, 0) is 23.8 Å². The third-order valence-corrected chi connectivity index (χ3v) is 3.77. The number of hydrogen-bond donors (Lipinski definition) is 2. The number of benzene rings is 2. The van der Waals surface area contributed by atoms with Crippen molar-refractivity contribution in [3.05, 3.63) is 64.1 Å². The van der Waals surface area contributed by atoms with Crippen LogP contribution in [0.1, 0.15) is 5.56 Å². The van der Waals surface area contributed by atoms with Crippen LogP contribution in [-0.2, 0) is 25.5 Å². The summed E-state index contributed by atoms with van der Waals surface area (Å²) in [6, 6.07) is 13.7. The molecule has 136 valence electrons. The van der Waals surface area contributed by atoms with E-state index in [1.807, 2.05) is 30.3 Å². The Bertz CT molecular complexity index is 797. The summed E-state index contributed by atoms with van der Waals surface area (Å²) < 4.78 is 4.80. The number of esters is 1. The van der Waals surface area contributed by atoms with Crippen LogP contribution in [-0.4, -0.2) is 30.9 Å². The minimum absolute atomic E-state index is 0.155. The Morgan fingerprint density at radius 3 is 2.42 bits per heavy atom. The number of carbonyl (C=O) groups is 3. The fourth-order valence-corrected chi connectivity index (χ4v) is 2.33. The van der Waals surface area contributed by atoms with Crippen LogP contribution in [0.2, 0.25) is 10.0 Å². The van der Waals surface area contributed by atoms with Crippen LogP contribution >= 0.6 is 23.2 Å². The molecule has 0 bridgehead atoms. The summed E-state index contributed by atoms with van der Waals surface area (Å²) in [5.41, 5.74) is 1.15. The van der Waals surface area contributed by atoms with E-state index in [1.165, 1.54) is 12.1 Å². The number of hydrogen-bond acceptors (Lipinski definition) is 4. The highest BCUT2D eigenvalue weighted by Gasteiger charge is 2.11. The number of carbonyl (C=O) groups excluding carboxylic acids is 3. The number of ether oxygens (including phenoxy) is 1. The monoisotopic (exact) mass is 394 g/mol. The maximum absolute atomic E-state index is 11.8. The highest BCUT2D eigenvalue weighted by molar-refractivity contribution is 6.35. The fourth-order valence-electron chi connectivity index (χ4n) is 1.99. The molecule has 26 heavy (non-hydrogen) atoms. The van der Waals surface area contributed by atoms with Crippen molar-refractivity contribution in [3.63, 3.8) is 0 Å². The molecule has 8 heteroatoms. The smallest absolute Gasteiger partial charge is 0.325 e. The van der Waals surface area contributed by atoms with Crippen molar-refractivity contribution in [1.82, 2.24) is 5.32 Å². The summed E-state index contributed by atoms with van der Waals surface area (Å²) >= 11 is 11.7. The van der Waals surface area contributed by atoms with Gasteiger partial charge in [-0.2, -0.15) is 0 Å². The number of halogens is 2. The van der Waals surface area contributed by atoms with Crippen LogP contribution < -0.4 is 10.6 Å². The number of anilines is 1. The normalized spacial score (nSPS) is 10.1. The Kier molecular flexibility index (Phi) is 7.44. The first kappa shape index (κ1) is 19.8. The Balaban J connectivity index is 1.70. The molecule has 0 saturated heterocycles. The van der Waals surface area contributed by atoms with Crippen LogP contribution in [0, 0.1) is 0 Å². The van der Waals surface area contributed by atoms with Gasteiger partial charge in [0.25, 0.3) is 5.91 Å². The third-order valence-electron chi connectivity index (χ3n) is 3.20. The summed E-state index contributed by atoms with van der Waals surface area (Å²) in [6.45, 7) is -0.826. The minimum atomic E-state index is -0.723. The van der Waals surface area contributed by atoms with E-state index in [9.17, 15) is 14.4 Å². The average Bonchev–Trinajstić information content (AvgIpc) is 2.62. The minimum Gasteiger partial charge on any atom is -0.454 e. The van der Waals surface area contributed by atoms with E-state index >= 15 is 0 Å². The summed E-state index contributed by atoms with van der Waals surface area (Å²) in [5, 5.41) is 5.63. The molecular formula is C18H16Cl2N2O4. The Morgan fingerprint density at radius 2 is 1.69 bits per heavy atom. The van der Waals surface area contributed by atoms with Gasteiger partial charge < -0.3 is 15.4 Å². The third kappa shape index (κ3) is 6.74. The molecule has 0 aliphatic heterocycles. The molecule has 6 nitrogen and oxygen atoms in total. The lowest BCUT2D eigenvalue weighted by Gasteiger charge is -2.09. The molecule has 0 unspecified atom stereocenters. The second kappa shape index (κ2) is 9.79. The van der Waals surface area contributed by atoms with Crippen molar-refractivity contribution in [1.29, 1.82) is 0 Å². The molecule has 0 fully saturated rings. The van der Waals surface area contributed by atoms with Gasteiger partial charge in [-0.25, -0.2) is 0 Å². The van der Waals surface area contributed by atoms with Crippen molar-refractivity contribution < 1.29 is 19.1 Å². The second-order valence-corrected chi connectivity index (χ2v) is 6.12. The van der Waals surface area contributed by atoms with Crippen LogP contribution in [0.15, 0.2) is 48.5 Å². The van der Waals surface area contributed by atoms with Gasteiger partial charge in [0.05, 0.1) is 17.1 Å². The number of rotatable bonds is 7. The van der Waals surface area contributed by atoms with Gasteiger partial charge >= 0.3 is 5.97 Å². The van der Waals surface area contributed by atoms with Gasteiger partial charge in [-0.15, -0.1) is 0 Å². The largest absolute Gasteiger partial charge is 0.454 e. The topological polar surface area (TPSA) is 84.5 Å². The Morgan fingerprint density at radius 1 is 0.962 bits per heavy atom. The summed E-state index contributed by atoms with van der Waals surface area (Å²) in [7, 11) is 0. The highest BCUT2D eigenvalue weighted by Crippen LogP contribution is 2.25. The summed E-state index contributed by atoms with van der Waals surface area (Å²) in [5.74, 6) is -1.61. The molecule has 2 rings (SSSR count). The van der Waals surface area contributed by atoms with Crippen LogP contribution in [0.3, 0.4) is 0 Å². The van der Waals surface area contributed by atoms with E-state index in [4.69, 9.17) is 27.9 Å². The second-order valence-electron chi connectivity index (χ2n) is 5.27. The molecule has 0 atom stereocenters. The Labute approximate surface area is 160 Å². The van der Waals surface area contributed by atoms with Crippen LogP contribution in [0.25, 0.3) is 0 Å². The van der Waals surface area contributed by atoms with Crippen molar-refractivity contribution in [2.24, 2.45) is 0 Å². The molecular weight excluding hydrogens is 379 g/mol. The lowest BCUT2D eigenvalue weighted by Crippen LogP contribution is -2.33. The van der Waals surface area contributed by atoms with E-state index in [2.05, 4.69) is 10.6 Å². The van der Waals surface area contributed by atoms with Gasteiger partial charge in [0.1, 0.15) is 6.54 Å². The van der Waals surface area contributed by atoms with Gasteiger partial charge in [0.2, 0.25) is 5.91 Å². The first-order valence-corrected chi connectivity index (χ1v) is 8.41. The zero-order chi connectivity index (χ0) is 18.9. The van der Waals surface area contributed by atoms with E-state index < -0.39 is 18.5 Å². The molecule has 2 aromatic rings. The van der Waals surface area contributed by atoms with Crippen molar-refractivity contribution >= 4 is 46.7 Å². The van der Waals surface area contributed by atoms with Gasteiger partial charge in [-0.3, -0.25) is 14.4 Å². The molecule has 2 amide bonds. The molecule has 0 heterocycles. The van der Waals surface area contributed by atoms with Crippen LogP contribution in [0.4, 0.5) is 5.69 Å². The van der Waals surface area contributed by atoms with Crippen molar-refractivity contribution in [3.8, 4) is 0 Å². The molecule has 0 spiro atoms. The van der Waals surface area contributed by atoms with Crippen LogP contribution in [0.5, 0.6) is 0 Å². The van der Waals surface area contributed by atoms with E-state index in [0.29, 0.717) is 15.7 Å². The summed E-state index contributed by atoms with van der Waals surface area (Å²) in [6.07, 6.45) is 0.155. The fraction of sp³-hybridized carbons (Fsp3) is 0.167. The highest BCUT2D eigenvalue weighted by atomic mass is 35.5. The zero-order valence-corrected chi connectivity index (χ0v) is 15.1. The van der Waals surface area contributed by atoms with E-state index in [1.54, 1.807) is 6.07 Å². The zero-order valence-electron chi connectivity index (χ0n) is 13.6. The summed E-state index contributed by atoms with van der Waals surface area (Å²) in [4.78, 5) is 35.1. The lowest BCUT2D eigenvalue weighted by molar-refractivity contribution is -0.147. The van der Waals surface area contributed by atoms with E-state index in [0.717, 1.165) is 5.56 Å². The molecule has 2 N–H and O–H groups in total.